The highest BCUT2D eigenvalue weighted by Gasteiger charge is 2.12. The summed E-state index contributed by atoms with van der Waals surface area (Å²) in [5, 5.41) is 0. The van der Waals surface area contributed by atoms with E-state index in [9.17, 15) is 0 Å². The molecular formula is C8H16N2. The lowest BCUT2D eigenvalue weighted by molar-refractivity contribution is 0.249. The Morgan fingerprint density at radius 2 is 1.90 bits per heavy atom. The van der Waals surface area contributed by atoms with Crippen LogP contribution in [-0.4, -0.2) is 24.2 Å². The number of rotatable bonds is 2. The second-order valence-electron chi connectivity index (χ2n) is 3.26. The molecule has 0 rings (SSSR count). The third-order valence-corrected chi connectivity index (χ3v) is 1.45. The van der Waals surface area contributed by atoms with Crippen molar-refractivity contribution in [2.75, 3.05) is 7.05 Å². The lowest BCUT2D eigenvalue weighted by Gasteiger charge is -2.30. The summed E-state index contributed by atoms with van der Waals surface area (Å²) in [5.74, 6) is 0. The second kappa shape index (κ2) is 3.40. The molecule has 0 spiro atoms. The van der Waals surface area contributed by atoms with Crippen molar-refractivity contribution in [2.45, 2.75) is 26.3 Å². The van der Waals surface area contributed by atoms with E-state index >= 15 is 0 Å². The molecule has 0 heterocycles. The average molecular weight is 140 g/mol. The summed E-state index contributed by atoms with van der Waals surface area (Å²) < 4.78 is 0. The molecule has 0 saturated heterocycles. The summed E-state index contributed by atoms with van der Waals surface area (Å²) in [6, 6.07) is 0. The Hall–Kier alpha value is -0.790. The van der Waals surface area contributed by atoms with E-state index in [1.165, 1.54) is 0 Å². The van der Waals surface area contributed by atoms with Gasteiger partial charge in [-0.2, -0.15) is 0 Å². The quantitative estimate of drug-likeness (QED) is 0.535. The van der Waals surface area contributed by atoms with Crippen molar-refractivity contribution >= 4 is 6.72 Å². The zero-order valence-corrected chi connectivity index (χ0v) is 7.26. The van der Waals surface area contributed by atoms with Crippen molar-refractivity contribution in [1.82, 2.24) is 4.90 Å². The molecule has 0 radical (unpaired) electrons. The Kier molecular flexibility index (Phi) is 3.13. The molecule has 0 unspecified atom stereocenters. The fourth-order valence-electron chi connectivity index (χ4n) is 0.371. The highest BCUT2D eigenvalue weighted by molar-refractivity contribution is 5.25. The molecule has 0 saturated carbocycles. The van der Waals surface area contributed by atoms with Crippen molar-refractivity contribution in [3.05, 3.63) is 12.4 Å². The van der Waals surface area contributed by atoms with Crippen LogP contribution in [0.3, 0.4) is 0 Å². The Morgan fingerprint density at radius 1 is 1.40 bits per heavy atom. The molecule has 0 fully saturated rings. The van der Waals surface area contributed by atoms with Crippen LogP contribution in [-0.2, 0) is 0 Å². The number of hydrogen-bond acceptors (Lipinski definition) is 2. The lowest BCUT2D eigenvalue weighted by Crippen LogP contribution is -2.33. The summed E-state index contributed by atoms with van der Waals surface area (Å²) in [4.78, 5) is 5.70. The van der Waals surface area contributed by atoms with Gasteiger partial charge in [-0.25, -0.2) is 0 Å². The first kappa shape index (κ1) is 9.21. The summed E-state index contributed by atoms with van der Waals surface area (Å²) in [5.41, 5.74) is 0.168. The monoisotopic (exact) mass is 140 g/mol. The average Bonchev–Trinajstić information content (AvgIpc) is 1.80. The first-order valence-electron chi connectivity index (χ1n) is 3.34. The van der Waals surface area contributed by atoms with E-state index in [1.807, 2.05) is 13.2 Å². The largest absolute Gasteiger partial charge is 0.374 e. The van der Waals surface area contributed by atoms with E-state index < -0.39 is 0 Å². The molecule has 0 aliphatic heterocycles. The summed E-state index contributed by atoms with van der Waals surface area (Å²) in [7, 11) is 2.02. The van der Waals surface area contributed by atoms with Crippen molar-refractivity contribution < 1.29 is 0 Å². The number of hydrogen-bond donors (Lipinski definition) is 0. The molecule has 0 aliphatic rings. The van der Waals surface area contributed by atoms with Crippen LogP contribution in [0.4, 0.5) is 0 Å². The number of nitrogens with zero attached hydrogens (tertiary/aromatic N) is 2. The maximum absolute atomic E-state index is 3.62. The Labute approximate surface area is 63.3 Å². The van der Waals surface area contributed by atoms with Crippen molar-refractivity contribution in [1.29, 1.82) is 0 Å². The van der Waals surface area contributed by atoms with Gasteiger partial charge in [-0.1, -0.05) is 0 Å². The van der Waals surface area contributed by atoms with Crippen molar-refractivity contribution in [2.24, 2.45) is 4.99 Å². The van der Waals surface area contributed by atoms with E-state index in [-0.39, 0.29) is 5.54 Å². The van der Waals surface area contributed by atoms with Crippen LogP contribution in [0.25, 0.3) is 0 Å². The van der Waals surface area contributed by atoms with Gasteiger partial charge in [-0.15, -0.1) is 0 Å². The predicted molar refractivity (Wildman–Crippen MR) is 46.2 cm³/mol. The SMILES string of the molecule is C=N/C=C\N(C)C(C)(C)C. The summed E-state index contributed by atoms with van der Waals surface area (Å²) >= 11 is 0. The third kappa shape index (κ3) is 3.28. The van der Waals surface area contributed by atoms with Gasteiger partial charge in [-0.05, 0) is 27.5 Å². The predicted octanol–water partition coefficient (Wildman–Crippen LogP) is 1.89. The van der Waals surface area contributed by atoms with E-state index in [1.54, 1.807) is 6.20 Å². The van der Waals surface area contributed by atoms with E-state index in [0.717, 1.165) is 0 Å². The minimum atomic E-state index is 0.168. The highest BCUT2D eigenvalue weighted by atomic mass is 15.1. The second-order valence-corrected chi connectivity index (χ2v) is 3.26. The smallest absolute Gasteiger partial charge is 0.0419 e. The van der Waals surface area contributed by atoms with Crippen LogP contribution in [0.5, 0.6) is 0 Å². The van der Waals surface area contributed by atoms with E-state index in [0.29, 0.717) is 0 Å². The molecule has 0 amide bonds. The lowest BCUT2D eigenvalue weighted by atomic mass is 10.1. The Morgan fingerprint density at radius 3 is 2.20 bits per heavy atom. The molecule has 0 atom stereocenters. The fourth-order valence-corrected chi connectivity index (χ4v) is 0.371. The van der Waals surface area contributed by atoms with E-state index in [2.05, 4.69) is 37.4 Å². The topological polar surface area (TPSA) is 15.6 Å². The van der Waals surface area contributed by atoms with Gasteiger partial charge in [0.2, 0.25) is 0 Å². The minimum Gasteiger partial charge on any atom is -0.374 e. The molecule has 0 aromatic carbocycles. The van der Waals surface area contributed by atoms with Crippen LogP contribution in [0.1, 0.15) is 20.8 Å². The fraction of sp³-hybridized carbons (Fsp3) is 0.625. The zero-order valence-electron chi connectivity index (χ0n) is 7.26. The molecule has 10 heavy (non-hydrogen) atoms. The normalized spacial score (nSPS) is 12.0. The maximum atomic E-state index is 3.62. The van der Waals surface area contributed by atoms with Crippen molar-refractivity contribution in [3.8, 4) is 0 Å². The molecule has 0 aromatic heterocycles. The molecule has 58 valence electrons. The van der Waals surface area contributed by atoms with Crippen LogP contribution >= 0.6 is 0 Å². The first-order valence-corrected chi connectivity index (χ1v) is 3.34. The van der Waals surface area contributed by atoms with Gasteiger partial charge in [0.25, 0.3) is 0 Å². The maximum Gasteiger partial charge on any atom is 0.0419 e. The third-order valence-electron chi connectivity index (χ3n) is 1.45. The van der Waals surface area contributed by atoms with Gasteiger partial charge in [0.05, 0.1) is 0 Å². The Bertz CT molecular complexity index is 131. The van der Waals surface area contributed by atoms with Gasteiger partial charge in [0, 0.05) is 25.0 Å². The Balaban J connectivity index is 3.96. The molecule has 0 N–H and O–H groups in total. The molecule has 0 aromatic rings. The van der Waals surface area contributed by atoms with Crippen LogP contribution < -0.4 is 0 Å². The standard InChI is InChI=1S/C8H16N2/c1-8(2,3)10(5)7-6-9-4/h6-7H,4H2,1-3,5H3/b7-6-. The van der Waals surface area contributed by atoms with Gasteiger partial charge in [0.1, 0.15) is 0 Å². The molecule has 2 nitrogen and oxygen atoms in total. The zero-order chi connectivity index (χ0) is 8.20. The van der Waals surface area contributed by atoms with Gasteiger partial charge in [0.15, 0.2) is 0 Å². The van der Waals surface area contributed by atoms with Gasteiger partial charge >= 0.3 is 0 Å². The molecule has 2 heteroatoms. The van der Waals surface area contributed by atoms with Crippen LogP contribution in [0.2, 0.25) is 0 Å². The van der Waals surface area contributed by atoms with E-state index in [4.69, 9.17) is 0 Å². The summed E-state index contributed by atoms with van der Waals surface area (Å²) in [6.45, 7) is 9.77. The molecule has 0 bridgehead atoms. The molecule has 0 aliphatic carbocycles. The van der Waals surface area contributed by atoms with Crippen molar-refractivity contribution in [3.63, 3.8) is 0 Å². The highest BCUT2D eigenvalue weighted by Crippen LogP contribution is 2.09. The molecular weight excluding hydrogens is 124 g/mol. The summed E-state index contributed by atoms with van der Waals surface area (Å²) in [6.07, 6.45) is 3.60. The van der Waals surface area contributed by atoms with Crippen LogP contribution in [0.15, 0.2) is 17.4 Å². The van der Waals surface area contributed by atoms with Gasteiger partial charge < -0.3 is 4.90 Å². The minimum absolute atomic E-state index is 0.168. The first-order chi connectivity index (χ1) is 4.48. The van der Waals surface area contributed by atoms with Crippen LogP contribution in [0, 0.1) is 0 Å². The van der Waals surface area contributed by atoms with Gasteiger partial charge in [-0.3, -0.25) is 4.99 Å². The number of aliphatic imine (C=N–C) groups is 1.